The van der Waals surface area contributed by atoms with Crippen LogP contribution < -0.4 is 10.9 Å². The van der Waals surface area contributed by atoms with Gasteiger partial charge >= 0.3 is 0 Å². The minimum atomic E-state index is -0.376. The molecule has 2 rings (SSSR count). The van der Waals surface area contributed by atoms with Crippen molar-refractivity contribution in [2.75, 3.05) is 18.5 Å². The number of rotatable bonds is 2. The van der Waals surface area contributed by atoms with E-state index in [1.807, 2.05) is 0 Å². The molecule has 0 aliphatic carbocycles. The molecule has 0 aromatic carbocycles. The van der Waals surface area contributed by atoms with Gasteiger partial charge in [-0.2, -0.15) is 5.10 Å². The molecule has 0 amide bonds. The lowest BCUT2D eigenvalue weighted by Gasteiger charge is -2.24. The second kappa shape index (κ2) is 4.63. The lowest BCUT2D eigenvalue weighted by molar-refractivity contribution is 0.0876. The van der Waals surface area contributed by atoms with Crippen LogP contribution in [0.2, 0.25) is 5.02 Å². The number of aromatic amines is 1. The van der Waals surface area contributed by atoms with Gasteiger partial charge in [0.05, 0.1) is 18.5 Å². The van der Waals surface area contributed by atoms with Crippen molar-refractivity contribution in [3.63, 3.8) is 0 Å². The van der Waals surface area contributed by atoms with Gasteiger partial charge in [0.15, 0.2) is 0 Å². The van der Waals surface area contributed by atoms with E-state index in [4.69, 9.17) is 16.3 Å². The Morgan fingerprint density at radius 1 is 1.67 bits per heavy atom. The van der Waals surface area contributed by atoms with Gasteiger partial charge in [-0.05, 0) is 12.8 Å². The van der Waals surface area contributed by atoms with Crippen LogP contribution in [-0.2, 0) is 4.74 Å². The molecular formula is C9H12ClN3O2. The van der Waals surface area contributed by atoms with E-state index >= 15 is 0 Å². The first-order valence-electron chi connectivity index (χ1n) is 4.85. The number of halogens is 1. The molecule has 5 nitrogen and oxygen atoms in total. The number of nitrogens with zero attached hydrogens (tertiary/aromatic N) is 1. The quantitative estimate of drug-likeness (QED) is 0.795. The van der Waals surface area contributed by atoms with Crippen LogP contribution in [0.25, 0.3) is 0 Å². The summed E-state index contributed by atoms with van der Waals surface area (Å²) in [6.07, 6.45) is 3.55. The van der Waals surface area contributed by atoms with Gasteiger partial charge < -0.3 is 10.1 Å². The Morgan fingerprint density at radius 3 is 3.27 bits per heavy atom. The average Bonchev–Trinajstić information content (AvgIpc) is 2.26. The Hall–Kier alpha value is -1.07. The van der Waals surface area contributed by atoms with Crippen LogP contribution in [0.4, 0.5) is 5.69 Å². The van der Waals surface area contributed by atoms with Crippen LogP contribution in [0, 0.1) is 0 Å². The zero-order valence-electron chi connectivity index (χ0n) is 8.12. The number of H-pyrrole nitrogens is 1. The number of nitrogens with one attached hydrogen (secondary N) is 2. The highest BCUT2D eigenvalue weighted by molar-refractivity contribution is 6.32. The van der Waals surface area contributed by atoms with Gasteiger partial charge in [-0.3, -0.25) is 4.79 Å². The summed E-state index contributed by atoms with van der Waals surface area (Å²) in [4.78, 5) is 11.2. The second-order valence-electron chi connectivity index (χ2n) is 3.49. The standard InChI is InChI=1S/C9H12ClN3O2/c10-8-7(4-11-13-9(8)14)12-6-2-1-3-15-5-6/h4,6H,1-3,5H2,(H2,12,13,14). The maximum Gasteiger partial charge on any atom is 0.285 e. The third-order valence-electron chi connectivity index (χ3n) is 2.32. The Kier molecular flexibility index (Phi) is 3.23. The monoisotopic (exact) mass is 229 g/mol. The van der Waals surface area contributed by atoms with Crippen LogP contribution in [-0.4, -0.2) is 29.5 Å². The lowest BCUT2D eigenvalue weighted by atomic mass is 10.1. The van der Waals surface area contributed by atoms with Crippen molar-refractivity contribution in [2.24, 2.45) is 0 Å². The molecule has 82 valence electrons. The fourth-order valence-corrected chi connectivity index (χ4v) is 1.70. The molecule has 2 N–H and O–H groups in total. The van der Waals surface area contributed by atoms with Crippen LogP contribution in [0.5, 0.6) is 0 Å². The zero-order valence-corrected chi connectivity index (χ0v) is 8.88. The van der Waals surface area contributed by atoms with E-state index in [-0.39, 0.29) is 16.6 Å². The van der Waals surface area contributed by atoms with E-state index < -0.39 is 0 Å². The smallest absolute Gasteiger partial charge is 0.285 e. The molecule has 0 saturated carbocycles. The summed E-state index contributed by atoms with van der Waals surface area (Å²) in [6, 6.07) is 0.208. The zero-order chi connectivity index (χ0) is 10.7. The van der Waals surface area contributed by atoms with Gasteiger partial charge in [-0.25, -0.2) is 5.10 Å². The minimum Gasteiger partial charge on any atom is -0.379 e. The fourth-order valence-electron chi connectivity index (χ4n) is 1.56. The highest BCUT2D eigenvalue weighted by Gasteiger charge is 2.15. The number of aromatic nitrogens is 2. The van der Waals surface area contributed by atoms with Gasteiger partial charge in [0.25, 0.3) is 5.56 Å². The molecule has 1 aliphatic heterocycles. The van der Waals surface area contributed by atoms with E-state index in [1.165, 1.54) is 6.20 Å². The van der Waals surface area contributed by atoms with E-state index in [0.717, 1.165) is 19.4 Å². The molecular weight excluding hydrogens is 218 g/mol. The summed E-state index contributed by atoms with van der Waals surface area (Å²) in [5.74, 6) is 0. The largest absolute Gasteiger partial charge is 0.379 e. The summed E-state index contributed by atoms with van der Waals surface area (Å²) < 4.78 is 5.31. The summed E-state index contributed by atoms with van der Waals surface area (Å²) >= 11 is 5.83. The predicted octanol–water partition coefficient (Wildman–Crippen LogP) is 1.01. The van der Waals surface area contributed by atoms with Crippen molar-refractivity contribution in [2.45, 2.75) is 18.9 Å². The molecule has 1 unspecified atom stereocenters. The van der Waals surface area contributed by atoms with Gasteiger partial charge in [0.1, 0.15) is 5.02 Å². The first-order chi connectivity index (χ1) is 7.27. The van der Waals surface area contributed by atoms with Gasteiger partial charge in [-0.1, -0.05) is 11.6 Å². The number of hydrogen-bond acceptors (Lipinski definition) is 4. The second-order valence-corrected chi connectivity index (χ2v) is 3.86. The molecule has 1 aromatic heterocycles. The van der Waals surface area contributed by atoms with Crippen LogP contribution in [0.15, 0.2) is 11.0 Å². The predicted molar refractivity (Wildman–Crippen MR) is 57.3 cm³/mol. The Labute approximate surface area is 91.8 Å². The van der Waals surface area contributed by atoms with Crippen LogP contribution in [0.1, 0.15) is 12.8 Å². The van der Waals surface area contributed by atoms with Gasteiger partial charge in [-0.15, -0.1) is 0 Å². The van der Waals surface area contributed by atoms with Crippen molar-refractivity contribution < 1.29 is 4.74 Å². The minimum absolute atomic E-state index is 0.149. The van der Waals surface area contributed by atoms with Crippen molar-refractivity contribution in [1.82, 2.24) is 10.2 Å². The molecule has 2 heterocycles. The van der Waals surface area contributed by atoms with E-state index in [9.17, 15) is 4.79 Å². The van der Waals surface area contributed by atoms with Crippen LogP contribution in [0.3, 0.4) is 0 Å². The molecule has 0 radical (unpaired) electrons. The molecule has 0 spiro atoms. The summed E-state index contributed by atoms with van der Waals surface area (Å²) in [5.41, 5.74) is 0.189. The summed E-state index contributed by atoms with van der Waals surface area (Å²) in [7, 11) is 0. The van der Waals surface area contributed by atoms with Crippen LogP contribution >= 0.6 is 11.6 Å². The van der Waals surface area contributed by atoms with Crippen molar-refractivity contribution in [3.05, 3.63) is 21.6 Å². The molecule has 1 aliphatic rings. The van der Waals surface area contributed by atoms with E-state index in [0.29, 0.717) is 12.3 Å². The molecule has 1 aromatic rings. The fraction of sp³-hybridized carbons (Fsp3) is 0.556. The molecule has 1 atom stereocenters. The van der Waals surface area contributed by atoms with Gasteiger partial charge in [0, 0.05) is 12.6 Å². The maximum absolute atomic E-state index is 11.2. The normalized spacial score (nSPS) is 21.3. The van der Waals surface area contributed by atoms with Crippen molar-refractivity contribution >= 4 is 17.3 Å². The first-order valence-corrected chi connectivity index (χ1v) is 5.22. The van der Waals surface area contributed by atoms with Gasteiger partial charge in [0.2, 0.25) is 0 Å². The van der Waals surface area contributed by atoms with Crippen molar-refractivity contribution in [3.8, 4) is 0 Å². The Balaban J connectivity index is 2.09. The first kappa shape index (κ1) is 10.4. The summed E-state index contributed by atoms with van der Waals surface area (Å²) in [5, 5.41) is 9.25. The highest BCUT2D eigenvalue weighted by Crippen LogP contribution is 2.18. The average molecular weight is 230 g/mol. The SMILES string of the molecule is O=c1[nH]ncc(NC2CCCOC2)c1Cl. The highest BCUT2D eigenvalue weighted by atomic mass is 35.5. The Morgan fingerprint density at radius 2 is 2.53 bits per heavy atom. The van der Waals surface area contributed by atoms with Crippen molar-refractivity contribution in [1.29, 1.82) is 0 Å². The molecule has 6 heteroatoms. The summed E-state index contributed by atoms with van der Waals surface area (Å²) in [6.45, 7) is 1.45. The number of hydrogen-bond donors (Lipinski definition) is 2. The maximum atomic E-state index is 11.2. The molecule has 0 bridgehead atoms. The number of anilines is 1. The van der Waals surface area contributed by atoms with E-state index in [2.05, 4.69) is 15.5 Å². The Bertz CT molecular complexity index is 387. The molecule has 1 fully saturated rings. The third-order valence-corrected chi connectivity index (χ3v) is 2.69. The molecule has 15 heavy (non-hydrogen) atoms. The third kappa shape index (κ3) is 2.49. The lowest BCUT2D eigenvalue weighted by Crippen LogP contribution is -2.30. The number of ether oxygens (including phenoxy) is 1. The van der Waals surface area contributed by atoms with E-state index in [1.54, 1.807) is 0 Å². The topological polar surface area (TPSA) is 67.0 Å². The molecule has 1 saturated heterocycles.